The van der Waals surface area contributed by atoms with Crippen molar-refractivity contribution in [1.29, 1.82) is 0 Å². The predicted octanol–water partition coefficient (Wildman–Crippen LogP) is 1.59. The average molecular weight is 257 g/mol. The summed E-state index contributed by atoms with van der Waals surface area (Å²) in [6, 6.07) is 3.16. The predicted molar refractivity (Wildman–Crippen MR) is 68.5 cm³/mol. The van der Waals surface area contributed by atoms with Crippen molar-refractivity contribution < 1.29 is 8.42 Å². The standard InChI is InChI=1S/C11H19N3O2S/c1-4-9(5-2)14-17(15,16)10-6-7-11(12-3)13-8-10/h6-9,14H,4-5H2,1-3H3,(H,12,13). The molecule has 96 valence electrons. The number of hydrogen-bond donors (Lipinski definition) is 2. The highest BCUT2D eigenvalue weighted by Crippen LogP contribution is 2.12. The molecule has 17 heavy (non-hydrogen) atoms. The van der Waals surface area contributed by atoms with Gasteiger partial charge in [0, 0.05) is 19.3 Å². The number of sulfonamides is 1. The van der Waals surface area contributed by atoms with Crippen molar-refractivity contribution in [3.63, 3.8) is 0 Å². The molecule has 0 bridgehead atoms. The highest BCUT2D eigenvalue weighted by atomic mass is 32.2. The van der Waals surface area contributed by atoms with E-state index < -0.39 is 10.0 Å². The Hall–Kier alpha value is -1.14. The summed E-state index contributed by atoms with van der Waals surface area (Å²) in [7, 11) is -1.71. The summed E-state index contributed by atoms with van der Waals surface area (Å²) in [6.07, 6.45) is 2.91. The van der Waals surface area contributed by atoms with Gasteiger partial charge in [0.05, 0.1) is 0 Å². The van der Waals surface area contributed by atoms with Crippen molar-refractivity contribution in [3.8, 4) is 0 Å². The molecule has 0 atom stereocenters. The molecule has 5 nitrogen and oxygen atoms in total. The van der Waals surface area contributed by atoms with Crippen LogP contribution in [0.15, 0.2) is 23.2 Å². The quantitative estimate of drug-likeness (QED) is 0.812. The van der Waals surface area contributed by atoms with Crippen LogP contribution in [0.2, 0.25) is 0 Å². The molecule has 0 aliphatic carbocycles. The van der Waals surface area contributed by atoms with Crippen LogP contribution in [0.1, 0.15) is 26.7 Å². The third-order valence-corrected chi connectivity index (χ3v) is 4.12. The molecule has 0 saturated heterocycles. The summed E-state index contributed by atoms with van der Waals surface area (Å²) in [5.74, 6) is 0.645. The molecule has 1 aromatic rings. The Morgan fingerprint density at radius 1 is 1.29 bits per heavy atom. The minimum Gasteiger partial charge on any atom is -0.373 e. The van der Waals surface area contributed by atoms with Gasteiger partial charge in [-0.25, -0.2) is 18.1 Å². The van der Waals surface area contributed by atoms with Gasteiger partial charge in [0.1, 0.15) is 10.7 Å². The lowest BCUT2D eigenvalue weighted by Crippen LogP contribution is -2.33. The zero-order valence-corrected chi connectivity index (χ0v) is 11.2. The third-order valence-electron chi connectivity index (χ3n) is 2.61. The van der Waals surface area contributed by atoms with Crippen molar-refractivity contribution >= 4 is 15.8 Å². The zero-order chi connectivity index (χ0) is 12.9. The van der Waals surface area contributed by atoms with Gasteiger partial charge in [-0.3, -0.25) is 0 Å². The second kappa shape index (κ2) is 5.97. The molecule has 0 spiro atoms. The SMILES string of the molecule is CCC(CC)NS(=O)(=O)c1ccc(NC)nc1. The van der Waals surface area contributed by atoms with Crippen LogP contribution in [-0.2, 0) is 10.0 Å². The van der Waals surface area contributed by atoms with Crippen LogP contribution < -0.4 is 10.0 Å². The van der Waals surface area contributed by atoms with E-state index in [2.05, 4.69) is 15.0 Å². The summed E-state index contributed by atoms with van der Waals surface area (Å²) in [5.41, 5.74) is 0. The van der Waals surface area contributed by atoms with Crippen LogP contribution in [0, 0.1) is 0 Å². The molecule has 0 aliphatic heterocycles. The van der Waals surface area contributed by atoms with Crippen molar-refractivity contribution in [2.45, 2.75) is 37.6 Å². The Bertz CT molecular complexity index is 438. The molecule has 0 amide bonds. The zero-order valence-electron chi connectivity index (χ0n) is 10.4. The number of anilines is 1. The van der Waals surface area contributed by atoms with E-state index in [0.717, 1.165) is 12.8 Å². The van der Waals surface area contributed by atoms with E-state index >= 15 is 0 Å². The summed E-state index contributed by atoms with van der Waals surface area (Å²) < 4.78 is 26.6. The van der Waals surface area contributed by atoms with Gasteiger partial charge in [-0.05, 0) is 25.0 Å². The van der Waals surface area contributed by atoms with Crippen molar-refractivity contribution in [2.75, 3.05) is 12.4 Å². The topological polar surface area (TPSA) is 71.1 Å². The first-order valence-corrected chi connectivity index (χ1v) is 7.18. The maximum Gasteiger partial charge on any atom is 0.242 e. The van der Waals surface area contributed by atoms with E-state index in [9.17, 15) is 8.42 Å². The summed E-state index contributed by atoms with van der Waals surface area (Å²) in [5, 5.41) is 2.84. The van der Waals surface area contributed by atoms with Crippen LogP contribution in [0.3, 0.4) is 0 Å². The molecule has 6 heteroatoms. The van der Waals surface area contributed by atoms with Crippen LogP contribution >= 0.6 is 0 Å². The van der Waals surface area contributed by atoms with E-state index in [1.807, 2.05) is 13.8 Å². The van der Waals surface area contributed by atoms with E-state index in [1.165, 1.54) is 6.20 Å². The number of rotatable bonds is 6. The fourth-order valence-corrected chi connectivity index (χ4v) is 2.78. The van der Waals surface area contributed by atoms with E-state index in [1.54, 1.807) is 19.2 Å². The molecule has 0 radical (unpaired) electrons. The van der Waals surface area contributed by atoms with Crippen LogP contribution in [0.25, 0.3) is 0 Å². The van der Waals surface area contributed by atoms with Crippen LogP contribution in [-0.4, -0.2) is 26.5 Å². The number of nitrogens with zero attached hydrogens (tertiary/aromatic N) is 1. The summed E-state index contributed by atoms with van der Waals surface area (Å²) >= 11 is 0. The monoisotopic (exact) mass is 257 g/mol. The fraction of sp³-hybridized carbons (Fsp3) is 0.545. The Morgan fingerprint density at radius 3 is 2.35 bits per heavy atom. The second-order valence-corrected chi connectivity index (χ2v) is 5.48. The Balaban J connectivity index is 2.89. The largest absolute Gasteiger partial charge is 0.373 e. The van der Waals surface area contributed by atoms with Crippen molar-refractivity contribution in [2.24, 2.45) is 0 Å². The fourth-order valence-electron chi connectivity index (χ4n) is 1.43. The van der Waals surface area contributed by atoms with Crippen molar-refractivity contribution in [1.82, 2.24) is 9.71 Å². The average Bonchev–Trinajstić information content (AvgIpc) is 2.36. The normalized spacial score (nSPS) is 11.8. The Kier molecular flexibility index (Phi) is 4.89. The molecule has 0 aromatic carbocycles. The maximum absolute atomic E-state index is 12.0. The molecule has 1 aromatic heterocycles. The third kappa shape index (κ3) is 3.67. The Labute approximate surface area is 103 Å². The van der Waals surface area contributed by atoms with Crippen molar-refractivity contribution in [3.05, 3.63) is 18.3 Å². The first-order valence-electron chi connectivity index (χ1n) is 5.69. The first-order chi connectivity index (χ1) is 8.03. The maximum atomic E-state index is 12.0. The van der Waals surface area contributed by atoms with E-state index in [-0.39, 0.29) is 10.9 Å². The molecule has 0 aliphatic rings. The molecule has 0 saturated carbocycles. The van der Waals surface area contributed by atoms with Gasteiger partial charge in [-0.2, -0.15) is 0 Å². The lowest BCUT2D eigenvalue weighted by molar-refractivity contribution is 0.530. The Morgan fingerprint density at radius 2 is 1.94 bits per heavy atom. The van der Waals surface area contributed by atoms with Gasteiger partial charge in [0.25, 0.3) is 0 Å². The molecule has 1 heterocycles. The molecule has 2 N–H and O–H groups in total. The second-order valence-electron chi connectivity index (χ2n) is 3.76. The molecule has 0 fully saturated rings. The molecule has 1 rings (SSSR count). The van der Waals surface area contributed by atoms with Gasteiger partial charge < -0.3 is 5.32 Å². The first kappa shape index (κ1) is 13.9. The minimum absolute atomic E-state index is 0.0241. The molecule has 0 unspecified atom stereocenters. The summed E-state index contributed by atoms with van der Waals surface area (Å²) in [6.45, 7) is 3.91. The molecular weight excluding hydrogens is 238 g/mol. The number of nitrogens with one attached hydrogen (secondary N) is 2. The van der Waals surface area contributed by atoms with Gasteiger partial charge in [-0.1, -0.05) is 13.8 Å². The smallest absolute Gasteiger partial charge is 0.242 e. The molecular formula is C11H19N3O2S. The number of hydrogen-bond acceptors (Lipinski definition) is 4. The minimum atomic E-state index is -3.45. The number of aromatic nitrogens is 1. The van der Waals surface area contributed by atoms with Crippen LogP contribution in [0.5, 0.6) is 0 Å². The van der Waals surface area contributed by atoms with Gasteiger partial charge in [-0.15, -0.1) is 0 Å². The van der Waals surface area contributed by atoms with Gasteiger partial charge in [0.15, 0.2) is 0 Å². The van der Waals surface area contributed by atoms with E-state index in [0.29, 0.717) is 5.82 Å². The summed E-state index contributed by atoms with van der Waals surface area (Å²) in [4.78, 5) is 4.19. The highest BCUT2D eigenvalue weighted by Gasteiger charge is 2.18. The van der Waals surface area contributed by atoms with Crippen LogP contribution in [0.4, 0.5) is 5.82 Å². The van der Waals surface area contributed by atoms with E-state index in [4.69, 9.17) is 0 Å². The lowest BCUT2D eigenvalue weighted by Gasteiger charge is -2.14. The highest BCUT2D eigenvalue weighted by molar-refractivity contribution is 7.89. The number of pyridine rings is 1. The van der Waals surface area contributed by atoms with Gasteiger partial charge in [0.2, 0.25) is 10.0 Å². The lowest BCUT2D eigenvalue weighted by atomic mass is 10.2. The van der Waals surface area contributed by atoms with Gasteiger partial charge >= 0.3 is 0 Å².